The van der Waals surface area contributed by atoms with Gasteiger partial charge in [-0.1, -0.05) is 11.8 Å². The molecule has 0 heterocycles. The van der Waals surface area contributed by atoms with Gasteiger partial charge in [0.15, 0.2) is 9.84 Å². The molecule has 0 spiro atoms. The third-order valence-electron chi connectivity index (χ3n) is 1.58. The van der Waals surface area contributed by atoms with E-state index >= 15 is 0 Å². The molecule has 0 aliphatic heterocycles. The minimum absolute atomic E-state index is 0.513. The maximum atomic E-state index is 11.1. The molecule has 0 saturated heterocycles. The minimum Gasteiger partial charge on any atom is -0.309 e. The molecule has 1 N–H and O–H groups in total. The van der Waals surface area contributed by atoms with Gasteiger partial charge in [-0.05, 0) is 20.9 Å². The molecule has 70 valence electrons. The Hall–Kier alpha value is -0.530. The molecule has 0 amide bonds. The highest BCUT2D eigenvalue weighted by molar-refractivity contribution is 7.92. The summed E-state index contributed by atoms with van der Waals surface area (Å²) in [6, 6.07) is 0. The van der Waals surface area contributed by atoms with Gasteiger partial charge in [0.05, 0.1) is 6.54 Å². The maximum absolute atomic E-state index is 11.1. The van der Waals surface area contributed by atoms with Crippen LogP contribution in [0, 0.1) is 11.8 Å². The van der Waals surface area contributed by atoms with Crippen molar-refractivity contribution in [3.05, 3.63) is 0 Å². The molecule has 0 aliphatic carbocycles. The first-order chi connectivity index (χ1) is 5.31. The Morgan fingerprint density at radius 3 is 2.25 bits per heavy atom. The van der Waals surface area contributed by atoms with E-state index in [2.05, 4.69) is 17.2 Å². The summed E-state index contributed by atoms with van der Waals surface area (Å²) in [7, 11) is -1.32. The summed E-state index contributed by atoms with van der Waals surface area (Å²) in [4.78, 5) is 0. The fraction of sp³-hybridized carbons (Fsp3) is 0.750. The predicted octanol–water partition coefficient (Wildman–Crippen LogP) is 0.0324. The van der Waals surface area contributed by atoms with Crippen molar-refractivity contribution in [1.29, 1.82) is 0 Å². The van der Waals surface area contributed by atoms with Crippen LogP contribution in [0.4, 0.5) is 0 Å². The standard InChI is InChI=1S/C8H15NO2S/c1-8(2,12(4,10)11)6-5-7-9-3/h9H,7H2,1-4H3. The van der Waals surface area contributed by atoms with E-state index in [1.807, 2.05) is 0 Å². The Balaban J connectivity index is 4.58. The van der Waals surface area contributed by atoms with Crippen LogP contribution in [-0.2, 0) is 9.84 Å². The smallest absolute Gasteiger partial charge is 0.163 e. The molecular weight excluding hydrogens is 174 g/mol. The molecule has 12 heavy (non-hydrogen) atoms. The molecular formula is C8H15NO2S. The SMILES string of the molecule is CNCC#CC(C)(C)S(C)(=O)=O. The van der Waals surface area contributed by atoms with E-state index in [-0.39, 0.29) is 0 Å². The monoisotopic (exact) mass is 189 g/mol. The second kappa shape index (κ2) is 3.92. The van der Waals surface area contributed by atoms with E-state index in [1.165, 1.54) is 6.26 Å². The molecule has 0 aliphatic rings. The van der Waals surface area contributed by atoms with Gasteiger partial charge in [-0.3, -0.25) is 0 Å². The average Bonchev–Trinajstić information content (AvgIpc) is 1.85. The van der Waals surface area contributed by atoms with Crippen molar-refractivity contribution in [2.75, 3.05) is 19.8 Å². The molecule has 0 rings (SSSR count). The van der Waals surface area contributed by atoms with Gasteiger partial charge in [0.25, 0.3) is 0 Å². The maximum Gasteiger partial charge on any atom is 0.163 e. The average molecular weight is 189 g/mol. The second-order valence-electron chi connectivity index (χ2n) is 3.11. The summed E-state index contributed by atoms with van der Waals surface area (Å²) in [5, 5.41) is 2.82. The fourth-order valence-corrected chi connectivity index (χ4v) is 0.696. The normalized spacial score (nSPS) is 12.0. The highest BCUT2D eigenvalue weighted by atomic mass is 32.2. The van der Waals surface area contributed by atoms with Crippen LogP contribution in [0.15, 0.2) is 0 Å². The molecule has 4 heteroatoms. The molecule has 0 bridgehead atoms. The number of hydrogen-bond donors (Lipinski definition) is 1. The lowest BCUT2D eigenvalue weighted by atomic mass is 10.2. The summed E-state index contributed by atoms with van der Waals surface area (Å²) in [5.41, 5.74) is 0. The van der Waals surface area contributed by atoms with Gasteiger partial charge in [-0.15, -0.1) is 0 Å². The number of sulfone groups is 1. The zero-order valence-electron chi connectivity index (χ0n) is 7.93. The molecule has 0 saturated carbocycles. The lowest BCUT2D eigenvalue weighted by molar-refractivity contribution is 0.581. The highest BCUT2D eigenvalue weighted by Gasteiger charge is 2.27. The number of hydrogen-bond acceptors (Lipinski definition) is 3. The van der Waals surface area contributed by atoms with Crippen LogP contribution >= 0.6 is 0 Å². The first-order valence-electron chi connectivity index (χ1n) is 3.65. The summed E-state index contributed by atoms with van der Waals surface area (Å²) < 4.78 is 21.3. The third kappa shape index (κ3) is 3.24. The van der Waals surface area contributed by atoms with E-state index in [0.717, 1.165) is 0 Å². The Morgan fingerprint density at radius 1 is 1.42 bits per heavy atom. The number of nitrogens with one attached hydrogen (secondary N) is 1. The van der Waals surface area contributed by atoms with Crippen molar-refractivity contribution >= 4 is 9.84 Å². The molecule has 0 atom stereocenters. The van der Waals surface area contributed by atoms with Gasteiger partial charge in [0.2, 0.25) is 0 Å². The van der Waals surface area contributed by atoms with Gasteiger partial charge >= 0.3 is 0 Å². The van der Waals surface area contributed by atoms with Gasteiger partial charge in [-0.25, -0.2) is 8.42 Å². The van der Waals surface area contributed by atoms with Crippen LogP contribution in [-0.4, -0.2) is 33.0 Å². The van der Waals surface area contributed by atoms with Crippen LogP contribution in [0.1, 0.15) is 13.8 Å². The molecule has 0 aromatic heterocycles. The van der Waals surface area contributed by atoms with Crippen LogP contribution in [0.5, 0.6) is 0 Å². The van der Waals surface area contributed by atoms with Crippen molar-refractivity contribution in [1.82, 2.24) is 5.32 Å². The summed E-state index contributed by atoms with van der Waals surface area (Å²) in [6.07, 6.45) is 1.20. The Labute approximate surface area is 74.5 Å². The molecule has 0 fully saturated rings. The largest absolute Gasteiger partial charge is 0.309 e. The summed E-state index contributed by atoms with van der Waals surface area (Å²) in [6.45, 7) is 3.72. The molecule has 0 aromatic rings. The van der Waals surface area contributed by atoms with Crippen molar-refractivity contribution in [2.45, 2.75) is 18.6 Å². The highest BCUT2D eigenvalue weighted by Crippen LogP contribution is 2.12. The quantitative estimate of drug-likeness (QED) is 0.624. The van der Waals surface area contributed by atoms with Gasteiger partial charge in [0.1, 0.15) is 4.75 Å². The molecule has 0 aromatic carbocycles. The zero-order chi connectivity index (χ0) is 9.83. The van der Waals surface area contributed by atoms with E-state index in [1.54, 1.807) is 20.9 Å². The lowest BCUT2D eigenvalue weighted by Crippen LogP contribution is -2.29. The van der Waals surface area contributed by atoms with E-state index in [9.17, 15) is 8.42 Å². The Morgan fingerprint density at radius 2 is 1.92 bits per heavy atom. The summed E-state index contributed by atoms with van der Waals surface area (Å²) >= 11 is 0. The number of rotatable bonds is 2. The van der Waals surface area contributed by atoms with Crippen molar-refractivity contribution in [2.24, 2.45) is 0 Å². The van der Waals surface area contributed by atoms with Crippen LogP contribution < -0.4 is 5.32 Å². The summed E-state index contributed by atoms with van der Waals surface area (Å²) in [5.74, 6) is 5.44. The van der Waals surface area contributed by atoms with Gasteiger partial charge < -0.3 is 5.32 Å². The van der Waals surface area contributed by atoms with Crippen LogP contribution in [0.25, 0.3) is 0 Å². The molecule has 3 nitrogen and oxygen atoms in total. The van der Waals surface area contributed by atoms with Crippen molar-refractivity contribution in [3.8, 4) is 11.8 Å². The van der Waals surface area contributed by atoms with E-state index in [0.29, 0.717) is 6.54 Å². The first kappa shape index (κ1) is 11.5. The van der Waals surface area contributed by atoms with Crippen molar-refractivity contribution in [3.63, 3.8) is 0 Å². The minimum atomic E-state index is -3.08. The van der Waals surface area contributed by atoms with E-state index < -0.39 is 14.6 Å². The predicted molar refractivity (Wildman–Crippen MR) is 50.6 cm³/mol. The topological polar surface area (TPSA) is 46.2 Å². The van der Waals surface area contributed by atoms with Crippen molar-refractivity contribution < 1.29 is 8.42 Å². The molecule has 0 radical (unpaired) electrons. The first-order valence-corrected chi connectivity index (χ1v) is 5.54. The van der Waals surface area contributed by atoms with Crippen LogP contribution in [0.2, 0.25) is 0 Å². The third-order valence-corrected chi connectivity index (χ3v) is 3.54. The van der Waals surface area contributed by atoms with Gasteiger partial charge in [0, 0.05) is 6.26 Å². The fourth-order valence-electron chi connectivity index (χ4n) is 0.438. The van der Waals surface area contributed by atoms with E-state index in [4.69, 9.17) is 0 Å². The zero-order valence-corrected chi connectivity index (χ0v) is 8.75. The Kier molecular flexibility index (Phi) is 3.75. The van der Waals surface area contributed by atoms with Crippen LogP contribution in [0.3, 0.4) is 0 Å². The molecule has 0 unspecified atom stereocenters. The Bertz CT molecular complexity index is 293. The second-order valence-corrected chi connectivity index (χ2v) is 5.68. The lowest BCUT2D eigenvalue weighted by Gasteiger charge is -2.13. The van der Waals surface area contributed by atoms with Gasteiger partial charge in [-0.2, -0.15) is 0 Å².